The lowest BCUT2D eigenvalue weighted by Gasteiger charge is -2.31. The second-order valence-corrected chi connectivity index (χ2v) is 8.40. The van der Waals surface area contributed by atoms with Crippen molar-refractivity contribution < 1.29 is 9.53 Å². The quantitative estimate of drug-likeness (QED) is 0.587. The molecule has 4 rings (SSSR count). The zero-order valence-corrected chi connectivity index (χ0v) is 18.2. The van der Waals surface area contributed by atoms with Crippen LogP contribution in [0.1, 0.15) is 18.1 Å². The summed E-state index contributed by atoms with van der Waals surface area (Å²) in [5, 5.41) is 9.54. The van der Waals surface area contributed by atoms with Crippen molar-refractivity contribution in [3.05, 3.63) is 53.9 Å². The largest absolute Gasteiger partial charge is 0.375 e. The highest BCUT2D eigenvalue weighted by Gasteiger charge is 2.23. The average molecular weight is 424 g/mol. The number of nitrogens with zero attached hydrogens (tertiary/aromatic N) is 5. The summed E-state index contributed by atoms with van der Waals surface area (Å²) in [6.45, 7) is 8.02. The summed E-state index contributed by atoms with van der Waals surface area (Å²) in [7, 11) is 0. The van der Waals surface area contributed by atoms with Gasteiger partial charge in [0.05, 0.1) is 24.2 Å². The number of thioether (sulfide) groups is 1. The predicted molar refractivity (Wildman–Crippen MR) is 117 cm³/mol. The Labute approximate surface area is 180 Å². The van der Waals surface area contributed by atoms with E-state index in [-0.39, 0.29) is 12.0 Å². The van der Waals surface area contributed by atoms with E-state index >= 15 is 0 Å². The first kappa shape index (κ1) is 20.6. The van der Waals surface area contributed by atoms with Crippen LogP contribution in [0.4, 0.5) is 0 Å². The maximum Gasteiger partial charge on any atom is 0.233 e. The van der Waals surface area contributed by atoms with E-state index in [2.05, 4.69) is 47.2 Å². The molecular weight excluding hydrogens is 398 g/mol. The first-order chi connectivity index (χ1) is 14.5. The fourth-order valence-electron chi connectivity index (χ4n) is 3.41. The van der Waals surface area contributed by atoms with Crippen molar-refractivity contribution >= 4 is 17.7 Å². The van der Waals surface area contributed by atoms with Gasteiger partial charge in [-0.3, -0.25) is 14.3 Å². The van der Waals surface area contributed by atoms with Gasteiger partial charge in [-0.25, -0.2) is 0 Å². The summed E-state index contributed by atoms with van der Waals surface area (Å²) < 4.78 is 7.55. The van der Waals surface area contributed by atoms with Gasteiger partial charge in [0.1, 0.15) is 0 Å². The molecular formula is C22H25N5O2S. The Bertz CT molecular complexity index is 1040. The van der Waals surface area contributed by atoms with Crippen LogP contribution in [-0.4, -0.2) is 62.1 Å². The van der Waals surface area contributed by atoms with Crippen LogP contribution in [0.2, 0.25) is 0 Å². The molecule has 0 aliphatic carbocycles. The van der Waals surface area contributed by atoms with Crippen LogP contribution < -0.4 is 0 Å². The molecule has 2 aromatic heterocycles. The number of amides is 1. The fraction of sp³-hybridized carbons (Fsp3) is 0.364. The molecule has 7 nitrogen and oxygen atoms in total. The Morgan fingerprint density at radius 1 is 1.17 bits per heavy atom. The lowest BCUT2D eigenvalue weighted by Crippen LogP contribution is -2.45. The topological polar surface area (TPSA) is 73.1 Å². The van der Waals surface area contributed by atoms with Crippen LogP contribution in [0, 0.1) is 13.8 Å². The Morgan fingerprint density at radius 2 is 1.97 bits per heavy atom. The molecule has 8 heteroatoms. The molecule has 1 aliphatic rings. The van der Waals surface area contributed by atoms with Gasteiger partial charge in [-0.2, -0.15) is 0 Å². The van der Waals surface area contributed by atoms with Crippen LogP contribution in [0.5, 0.6) is 0 Å². The standard InChI is InChI=1S/C22H25N5O2S/c1-15-4-5-19(12-16(15)2)27-21(18-6-8-23-9-7-18)24-25-22(27)30-14-20(28)26-10-11-29-17(3)13-26/h4-9,12,17H,10-11,13-14H2,1-3H3. The molecule has 1 saturated heterocycles. The van der Waals surface area contributed by atoms with Gasteiger partial charge in [0.25, 0.3) is 0 Å². The number of ether oxygens (including phenoxy) is 1. The smallest absolute Gasteiger partial charge is 0.233 e. The molecule has 1 atom stereocenters. The van der Waals surface area contributed by atoms with Crippen LogP contribution in [0.15, 0.2) is 47.9 Å². The highest BCUT2D eigenvalue weighted by atomic mass is 32.2. The van der Waals surface area contributed by atoms with E-state index in [1.54, 1.807) is 12.4 Å². The van der Waals surface area contributed by atoms with E-state index in [0.29, 0.717) is 30.6 Å². The van der Waals surface area contributed by atoms with Crippen molar-refractivity contribution in [2.45, 2.75) is 32.0 Å². The molecule has 0 saturated carbocycles. The van der Waals surface area contributed by atoms with Crippen molar-refractivity contribution in [1.82, 2.24) is 24.6 Å². The minimum atomic E-state index is 0.0742. The lowest BCUT2D eigenvalue weighted by molar-refractivity contribution is -0.135. The molecule has 1 amide bonds. The maximum absolute atomic E-state index is 12.7. The SMILES string of the molecule is Cc1ccc(-n2c(SCC(=O)N3CCOC(C)C3)nnc2-c2ccncc2)cc1C. The molecule has 1 aliphatic heterocycles. The molecule has 30 heavy (non-hydrogen) atoms. The Balaban J connectivity index is 1.63. The number of aromatic nitrogens is 4. The van der Waals surface area contributed by atoms with Gasteiger partial charge in [-0.15, -0.1) is 10.2 Å². The van der Waals surface area contributed by atoms with Crippen molar-refractivity contribution in [3.8, 4) is 17.1 Å². The number of hydrogen-bond acceptors (Lipinski definition) is 6. The molecule has 3 heterocycles. The van der Waals surface area contributed by atoms with Gasteiger partial charge in [0.15, 0.2) is 11.0 Å². The minimum absolute atomic E-state index is 0.0742. The molecule has 3 aromatic rings. The molecule has 1 aromatic carbocycles. The molecule has 0 bridgehead atoms. The zero-order chi connectivity index (χ0) is 21.1. The molecule has 156 valence electrons. The molecule has 1 fully saturated rings. The van der Waals surface area contributed by atoms with E-state index in [4.69, 9.17) is 4.74 Å². The first-order valence-electron chi connectivity index (χ1n) is 9.98. The predicted octanol–water partition coefficient (Wildman–Crippen LogP) is 3.29. The number of morpholine rings is 1. The van der Waals surface area contributed by atoms with E-state index in [1.165, 1.54) is 22.9 Å². The highest BCUT2D eigenvalue weighted by Crippen LogP contribution is 2.29. The monoisotopic (exact) mass is 423 g/mol. The third-order valence-electron chi connectivity index (χ3n) is 5.24. The summed E-state index contributed by atoms with van der Waals surface area (Å²) in [4.78, 5) is 18.7. The van der Waals surface area contributed by atoms with Gasteiger partial charge in [-0.05, 0) is 56.2 Å². The Morgan fingerprint density at radius 3 is 2.70 bits per heavy atom. The number of benzene rings is 1. The van der Waals surface area contributed by atoms with Gasteiger partial charge in [0.2, 0.25) is 5.91 Å². The Kier molecular flexibility index (Phi) is 6.15. The number of carbonyl (C=O) groups is 1. The molecule has 0 radical (unpaired) electrons. The second kappa shape index (κ2) is 8.97. The van der Waals surface area contributed by atoms with Gasteiger partial charge in [0, 0.05) is 31.0 Å². The number of hydrogen-bond donors (Lipinski definition) is 0. The third kappa shape index (κ3) is 4.39. The molecule has 0 spiro atoms. The van der Waals surface area contributed by atoms with Crippen molar-refractivity contribution in [1.29, 1.82) is 0 Å². The average Bonchev–Trinajstić information content (AvgIpc) is 3.18. The summed E-state index contributed by atoms with van der Waals surface area (Å²) in [5.41, 5.74) is 4.32. The molecule has 1 unspecified atom stereocenters. The van der Waals surface area contributed by atoms with E-state index in [0.717, 1.165) is 17.1 Å². The summed E-state index contributed by atoms with van der Waals surface area (Å²) in [6, 6.07) is 10.1. The summed E-state index contributed by atoms with van der Waals surface area (Å²) >= 11 is 1.41. The highest BCUT2D eigenvalue weighted by molar-refractivity contribution is 7.99. The molecule has 0 N–H and O–H groups in total. The van der Waals surface area contributed by atoms with Gasteiger partial charge >= 0.3 is 0 Å². The van der Waals surface area contributed by atoms with Crippen LogP contribution >= 0.6 is 11.8 Å². The number of rotatable bonds is 5. The van der Waals surface area contributed by atoms with E-state index in [9.17, 15) is 4.79 Å². The second-order valence-electron chi connectivity index (χ2n) is 7.46. The van der Waals surface area contributed by atoms with Gasteiger partial charge < -0.3 is 9.64 Å². The maximum atomic E-state index is 12.7. The van der Waals surface area contributed by atoms with Crippen LogP contribution in [0.3, 0.4) is 0 Å². The number of pyridine rings is 1. The first-order valence-corrected chi connectivity index (χ1v) is 11.0. The minimum Gasteiger partial charge on any atom is -0.375 e. The van der Waals surface area contributed by atoms with E-state index < -0.39 is 0 Å². The fourth-order valence-corrected chi connectivity index (χ4v) is 4.27. The summed E-state index contributed by atoms with van der Waals surface area (Å²) in [5.74, 6) is 1.14. The van der Waals surface area contributed by atoms with Crippen LogP contribution in [0.25, 0.3) is 17.1 Å². The zero-order valence-electron chi connectivity index (χ0n) is 17.4. The lowest BCUT2D eigenvalue weighted by atomic mass is 10.1. The van der Waals surface area contributed by atoms with Crippen molar-refractivity contribution in [2.75, 3.05) is 25.4 Å². The Hall–Kier alpha value is -2.71. The van der Waals surface area contributed by atoms with Gasteiger partial charge in [-0.1, -0.05) is 17.8 Å². The van der Waals surface area contributed by atoms with Crippen molar-refractivity contribution in [3.63, 3.8) is 0 Å². The summed E-state index contributed by atoms with van der Waals surface area (Å²) in [6.07, 6.45) is 3.56. The van der Waals surface area contributed by atoms with E-state index in [1.807, 2.05) is 28.5 Å². The third-order valence-corrected chi connectivity index (χ3v) is 6.15. The normalized spacial score (nSPS) is 16.6. The number of aryl methyl sites for hydroxylation is 2. The van der Waals surface area contributed by atoms with Crippen LogP contribution in [-0.2, 0) is 9.53 Å². The van der Waals surface area contributed by atoms with Crippen molar-refractivity contribution in [2.24, 2.45) is 0 Å². The number of carbonyl (C=O) groups excluding carboxylic acids is 1.